The number of thioether (sulfide) groups is 1. The van der Waals surface area contributed by atoms with E-state index in [0.717, 1.165) is 40.7 Å². The first-order valence-electron chi connectivity index (χ1n) is 11.7. The Kier molecular flexibility index (Phi) is 7.83. The number of anilines is 2. The van der Waals surface area contributed by atoms with Crippen molar-refractivity contribution in [3.05, 3.63) is 85.6 Å². The maximum atomic E-state index is 13.2. The quantitative estimate of drug-likeness (QED) is 0.337. The molecule has 3 aromatic carbocycles. The summed E-state index contributed by atoms with van der Waals surface area (Å²) in [5.74, 6) is -0.346. The smallest absolute Gasteiger partial charge is 0.262 e. The number of sulfone groups is 1. The standard InChI is InChI=1S/C27H25Br2N3O3S2/c1-31-11-13-32(14-12-31)19-7-5-18(6-8-19)15-26-27(33)30-24-10-9-20(16-25(24)36-26)37(34,35)17-21-22(28)3-2-4-23(21)29/h2-10,15-16H,11-14,17H2,1H3,(H,30,33). The molecule has 0 bridgehead atoms. The predicted molar refractivity (Wildman–Crippen MR) is 158 cm³/mol. The third-order valence-electron chi connectivity index (χ3n) is 6.46. The number of piperazine rings is 1. The van der Waals surface area contributed by atoms with E-state index in [4.69, 9.17) is 0 Å². The molecule has 1 N–H and O–H groups in total. The number of rotatable bonds is 5. The van der Waals surface area contributed by atoms with Crippen LogP contribution in [0.2, 0.25) is 0 Å². The van der Waals surface area contributed by atoms with E-state index in [1.54, 1.807) is 18.2 Å². The molecule has 6 nitrogen and oxygen atoms in total. The Morgan fingerprint density at radius 3 is 2.32 bits per heavy atom. The molecule has 0 aliphatic carbocycles. The Labute approximate surface area is 238 Å². The van der Waals surface area contributed by atoms with E-state index in [1.165, 1.54) is 17.4 Å². The first-order valence-corrected chi connectivity index (χ1v) is 15.8. The maximum Gasteiger partial charge on any atom is 0.262 e. The van der Waals surface area contributed by atoms with Gasteiger partial charge in [0.15, 0.2) is 9.84 Å². The molecule has 0 unspecified atom stereocenters. The van der Waals surface area contributed by atoms with Gasteiger partial charge >= 0.3 is 0 Å². The molecule has 0 aromatic heterocycles. The Morgan fingerprint density at radius 1 is 0.973 bits per heavy atom. The van der Waals surface area contributed by atoms with Gasteiger partial charge in [-0.15, -0.1) is 0 Å². The van der Waals surface area contributed by atoms with Gasteiger partial charge in [0, 0.05) is 45.7 Å². The van der Waals surface area contributed by atoms with Crippen molar-refractivity contribution in [2.24, 2.45) is 0 Å². The van der Waals surface area contributed by atoms with Gasteiger partial charge in [0.2, 0.25) is 0 Å². The minimum atomic E-state index is -3.61. The Morgan fingerprint density at radius 2 is 1.65 bits per heavy atom. The molecule has 0 spiro atoms. The number of benzene rings is 3. The summed E-state index contributed by atoms with van der Waals surface area (Å²) in [5, 5.41) is 2.89. The van der Waals surface area contributed by atoms with Crippen LogP contribution in [-0.4, -0.2) is 52.5 Å². The molecule has 192 valence electrons. The van der Waals surface area contributed by atoms with E-state index in [1.807, 2.05) is 36.4 Å². The van der Waals surface area contributed by atoms with Crippen LogP contribution in [0.3, 0.4) is 0 Å². The van der Waals surface area contributed by atoms with Crippen LogP contribution in [-0.2, 0) is 20.4 Å². The number of nitrogens with zero attached hydrogens (tertiary/aromatic N) is 2. The zero-order valence-corrected chi connectivity index (χ0v) is 24.9. The van der Waals surface area contributed by atoms with Crippen molar-refractivity contribution < 1.29 is 13.2 Å². The van der Waals surface area contributed by atoms with Crippen LogP contribution in [0.5, 0.6) is 0 Å². The van der Waals surface area contributed by atoms with E-state index in [0.29, 0.717) is 21.1 Å². The molecule has 3 aromatic rings. The highest BCUT2D eigenvalue weighted by Gasteiger charge is 2.25. The van der Waals surface area contributed by atoms with Crippen molar-refractivity contribution in [3.8, 4) is 0 Å². The summed E-state index contributed by atoms with van der Waals surface area (Å²) in [6, 6.07) is 18.5. The van der Waals surface area contributed by atoms with Gasteiger partial charge in [-0.1, -0.05) is 61.8 Å². The van der Waals surface area contributed by atoms with Gasteiger partial charge in [0.05, 0.1) is 21.2 Å². The fraction of sp³-hybridized carbons (Fsp3) is 0.222. The molecule has 0 radical (unpaired) electrons. The van der Waals surface area contributed by atoms with Crippen molar-refractivity contribution in [1.29, 1.82) is 0 Å². The van der Waals surface area contributed by atoms with E-state index in [9.17, 15) is 13.2 Å². The fourth-order valence-electron chi connectivity index (χ4n) is 4.27. The second kappa shape index (κ2) is 10.9. The number of hydrogen-bond donors (Lipinski definition) is 1. The lowest BCUT2D eigenvalue weighted by atomic mass is 10.1. The number of hydrogen-bond acceptors (Lipinski definition) is 6. The molecule has 10 heteroatoms. The number of carbonyl (C=O) groups excluding carboxylic acids is 1. The van der Waals surface area contributed by atoms with Crippen LogP contribution in [0.4, 0.5) is 11.4 Å². The molecule has 1 fully saturated rings. The molecule has 2 aliphatic rings. The summed E-state index contributed by atoms with van der Waals surface area (Å²) in [7, 11) is -1.48. The minimum absolute atomic E-state index is 0.146. The molecule has 5 rings (SSSR count). The van der Waals surface area contributed by atoms with Crippen LogP contribution in [0.25, 0.3) is 6.08 Å². The lowest BCUT2D eigenvalue weighted by molar-refractivity contribution is -0.112. The van der Waals surface area contributed by atoms with Crippen LogP contribution in [0, 0.1) is 0 Å². The zero-order valence-electron chi connectivity index (χ0n) is 20.1. The molecule has 37 heavy (non-hydrogen) atoms. The average molecular weight is 663 g/mol. The van der Waals surface area contributed by atoms with E-state index in [2.05, 4.69) is 66.2 Å². The molecular weight excluding hydrogens is 638 g/mol. The number of likely N-dealkylation sites (N-methyl/N-ethyl adjacent to an activating group) is 1. The summed E-state index contributed by atoms with van der Waals surface area (Å²) in [5.41, 5.74) is 3.37. The molecular formula is C27H25Br2N3O3S2. The number of amides is 1. The van der Waals surface area contributed by atoms with Gasteiger partial charge in [-0.2, -0.15) is 0 Å². The molecule has 0 saturated carbocycles. The molecule has 0 atom stereocenters. The van der Waals surface area contributed by atoms with Crippen LogP contribution in [0.15, 0.2) is 84.3 Å². The SMILES string of the molecule is CN1CCN(c2ccc(C=C3Sc4cc(S(=O)(=O)Cc5c(Br)cccc5Br)ccc4NC3=O)cc2)CC1. The highest BCUT2D eigenvalue weighted by Crippen LogP contribution is 2.41. The average Bonchev–Trinajstić information content (AvgIpc) is 2.87. The van der Waals surface area contributed by atoms with Gasteiger partial charge in [0.25, 0.3) is 5.91 Å². The van der Waals surface area contributed by atoms with E-state index >= 15 is 0 Å². The molecule has 1 saturated heterocycles. The minimum Gasteiger partial charge on any atom is -0.369 e. The number of fused-ring (bicyclic) bond motifs is 1. The topological polar surface area (TPSA) is 69.7 Å². The third kappa shape index (κ3) is 5.98. The number of halogens is 2. The van der Waals surface area contributed by atoms with Gasteiger partial charge < -0.3 is 15.1 Å². The van der Waals surface area contributed by atoms with Gasteiger partial charge in [-0.05, 0) is 66.7 Å². The Bertz CT molecular complexity index is 1460. The van der Waals surface area contributed by atoms with Gasteiger partial charge in [0.1, 0.15) is 0 Å². The molecule has 1 amide bonds. The normalized spacial score (nSPS) is 17.5. The van der Waals surface area contributed by atoms with Crippen LogP contribution in [0.1, 0.15) is 11.1 Å². The Hall–Kier alpha value is -2.11. The van der Waals surface area contributed by atoms with Gasteiger partial charge in [-0.3, -0.25) is 4.79 Å². The van der Waals surface area contributed by atoms with Crippen molar-refractivity contribution in [1.82, 2.24) is 4.90 Å². The Balaban J connectivity index is 1.36. The summed E-state index contributed by atoms with van der Waals surface area (Å²) in [6.07, 6.45) is 1.84. The van der Waals surface area contributed by atoms with Crippen molar-refractivity contribution in [3.63, 3.8) is 0 Å². The lowest BCUT2D eigenvalue weighted by Gasteiger charge is -2.34. The van der Waals surface area contributed by atoms with Crippen molar-refractivity contribution in [2.75, 3.05) is 43.4 Å². The summed E-state index contributed by atoms with van der Waals surface area (Å²) in [6.45, 7) is 4.07. The first kappa shape index (κ1) is 26.5. The summed E-state index contributed by atoms with van der Waals surface area (Å²) >= 11 is 8.18. The number of nitrogens with one attached hydrogen (secondary N) is 1. The van der Waals surface area contributed by atoms with Gasteiger partial charge in [-0.25, -0.2) is 8.42 Å². The number of carbonyl (C=O) groups is 1. The van der Waals surface area contributed by atoms with Crippen LogP contribution >= 0.6 is 43.6 Å². The second-order valence-corrected chi connectivity index (χ2v) is 13.8. The second-order valence-electron chi connectivity index (χ2n) is 9.06. The monoisotopic (exact) mass is 661 g/mol. The largest absolute Gasteiger partial charge is 0.369 e. The first-order chi connectivity index (χ1) is 17.7. The summed E-state index contributed by atoms with van der Waals surface area (Å²) in [4.78, 5) is 18.9. The van der Waals surface area contributed by atoms with Crippen LogP contribution < -0.4 is 10.2 Å². The molecule has 2 aliphatic heterocycles. The highest BCUT2D eigenvalue weighted by atomic mass is 79.9. The lowest BCUT2D eigenvalue weighted by Crippen LogP contribution is -2.44. The van der Waals surface area contributed by atoms with Crippen molar-refractivity contribution in [2.45, 2.75) is 15.5 Å². The van der Waals surface area contributed by atoms with E-state index < -0.39 is 9.84 Å². The van der Waals surface area contributed by atoms with E-state index in [-0.39, 0.29) is 16.6 Å². The molecule has 2 heterocycles. The fourth-order valence-corrected chi connectivity index (χ4v) is 8.41. The highest BCUT2D eigenvalue weighted by molar-refractivity contribution is 9.11. The third-order valence-corrected chi connectivity index (χ3v) is 10.7. The predicted octanol–water partition coefficient (Wildman–Crippen LogP) is 6.02. The maximum absolute atomic E-state index is 13.2. The zero-order chi connectivity index (χ0) is 26.2. The van der Waals surface area contributed by atoms with Crippen molar-refractivity contribution >= 4 is 76.8 Å². The summed E-state index contributed by atoms with van der Waals surface area (Å²) < 4.78 is 28.0.